The van der Waals surface area contributed by atoms with E-state index in [-0.39, 0.29) is 17.9 Å². The Morgan fingerprint density at radius 3 is 2.73 bits per heavy atom. The Kier molecular flexibility index (Phi) is 7.02. The van der Waals surface area contributed by atoms with Crippen LogP contribution in [0.1, 0.15) is 28.1 Å². The van der Waals surface area contributed by atoms with Crippen LogP contribution in [0.15, 0.2) is 41.6 Å². The maximum Gasteiger partial charge on any atom is 0.270 e. The Balaban J connectivity index is 1.68. The second-order valence-electron chi connectivity index (χ2n) is 7.07. The lowest BCUT2D eigenvalue weighted by Crippen LogP contribution is -2.33. The van der Waals surface area contributed by atoms with Crippen LogP contribution >= 0.6 is 11.6 Å². The van der Waals surface area contributed by atoms with Gasteiger partial charge in [0.25, 0.3) is 5.56 Å². The van der Waals surface area contributed by atoms with Gasteiger partial charge in [-0.1, -0.05) is 17.7 Å². The summed E-state index contributed by atoms with van der Waals surface area (Å²) >= 11 is 6.04. The van der Waals surface area contributed by atoms with Crippen molar-refractivity contribution in [1.82, 2.24) is 24.6 Å². The smallest absolute Gasteiger partial charge is 0.270 e. The Hall–Kier alpha value is -2.97. The number of carbonyl (C=O) groups excluding carboxylic acids is 1. The molecule has 3 N–H and O–H groups in total. The number of nitrogens with two attached hydrogens (primary N) is 1. The molecule has 9 heteroatoms. The average Bonchev–Trinajstić information content (AvgIpc) is 3.14. The molecule has 0 fully saturated rings. The molecule has 1 aromatic carbocycles. The Bertz CT molecular complexity index is 1110. The van der Waals surface area contributed by atoms with E-state index in [0.717, 1.165) is 17.0 Å². The Labute approximate surface area is 179 Å². The number of hydrogen-bond acceptors (Lipinski definition) is 5. The lowest BCUT2D eigenvalue weighted by Gasteiger charge is -2.12. The first kappa shape index (κ1) is 21.7. The Morgan fingerprint density at radius 2 is 2.03 bits per heavy atom. The summed E-state index contributed by atoms with van der Waals surface area (Å²) < 4.78 is 3.33. The number of halogens is 1. The standard InChI is InChI=1S/C21H25ClN6O2/c1-14-12-26-28(8-7-27-6-5-24-15(27)2)21(30)19(14)10-20(29)25-13-17-9-18(22)4-3-16(17)11-23/h3-6,9,12H,7-8,10-11,13,23H2,1-2H3,(H,25,29). The molecule has 0 radical (unpaired) electrons. The zero-order valence-corrected chi connectivity index (χ0v) is 17.8. The fourth-order valence-corrected chi connectivity index (χ4v) is 3.40. The summed E-state index contributed by atoms with van der Waals surface area (Å²) in [6.45, 7) is 5.30. The number of imidazole rings is 1. The molecule has 2 heterocycles. The fraction of sp³-hybridized carbons (Fsp3) is 0.333. The summed E-state index contributed by atoms with van der Waals surface area (Å²) in [5.74, 6) is 0.619. The van der Waals surface area contributed by atoms with Gasteiger partial charge >= 0.3 is 0 Å². The molecule has 0 aliphatic heterocycles. The van der Waals surface area contributed by atoms with Gasteiger partial charge in [-0.25, -0.2) is 9.67 Å². The van der Waals surface area contributed by atoms with E-state index in [1.807, 2.05) is 23.8 Å². The Morgan fingerprint density at radius 1 is 1.23 bits per heavy atom. The molecule has 2 aromatic heterocycles. The van der Waals surface area contributed by atoms with Crippen LogP contribution in [0.25, 0.3) is 0 Å². The maximum absolute atomic E-state index is 12.9. The van der Waals surface area contributed by atoms with Gasteiger partial charge in [0.1, 0.15) is 5.82 Å². The van der Waals surface area contributed by atoms with Gasteiger partial charge in [-0.05, 0) is 42.7 Å². The highest BCUT2D eigenvalue weighted by molar-refractivity contribution is 6.30. The molecule has 0 saturated carbocycles. The molecule has 30 heavy (non-hydrogen) atoms. The third-order valence-electron chi connectivity index (χ3n) is 5.04. The van der Waals surface area contributed by atoms with E-state index in [1.54, 1.807) is 31.5 Å². The number of rotatable bonds is 8. The second-order valence-corrected chi connectivity index (χ2v) is 7.51. The topological polar surface area (TPSA) is 108 Å². The minimum Gasteiger partial charge on any atom is -0.352 e. The van der Waals surface area contributed by atoms with Crippen molar-refractivity contribution < 1.29 is 4.79 Å². The number of amides is 1. The van der Waals surface area contributed by atoms with Crippen LogP contribution in [0, 0.1) is 13.8 Å². The van der Waals surface area contributed by atoms with Gasteiger partial charge in [0.15, 0.2) is 0 Å². The summed E-state index contributed by atoms with van der Waals surface area (Å²) in [7, 11) is 0. The van der Waals surface area contributed by atoms with Crippen molar-refractivity contribution in [2.24, 2.45) is 5.73 Å². The highest BCUT2D eigenvalue weighted by Crippen LogP contribution is 2.15. The molecule has 3 rings (SSSR count). The zero-order valence-electron chi connectivity index (χ0n) is 17.1. The van der Waals surface area contributed by atoms with Gasteiger partial charge in [-0.2, -0.15) is 5.10 Å². The predicted octanol–water partition coefficient (Wildman–Crippen LogP) is 1.73. The summed E-state index contributed by atoms with van der Waals surface area (Å²) in [5, 5.41) is 7.64. The summed E-state index contributed by atoms with van der Waals surface area (Å²) in [6, 6.07) is 5.40. The van der Waals surface area contributed by atoms with Gasteiger partial charge in [0.2, 0.25) is 5.91 Å². The number of carbonyl (C=O) groups is 1. The van der Waals surface area contributed by atoms with Crippen LogP contribution in [0.3, 0.4) is 0 Å². The van der Waals surface area contributed by atoms with E-state index < -0.39 is 0 Å². The monoisotopic (exact) mass is 428 g/mol. The summed E-state index contributed by atoms with van der Waals surface area (Å²) in [6.07, 6.45) is 5.17. The minimum atomic E-state index is -0.256. The van der Waals surface area contributed by atoms with E-state index in [2.05, 4.69) is 15.4 Å². The van der Waals surface area contributed by atoms with Crippen molar-refractivity contribution in [1.29, 1.82) is 0 Å². The first-order valence-corrected chi connectivity index (χ1v) is 10.0. The van der Waals surface area contributed by atoms with E-state index in [0.29, 0.717) is 42.3 Å². The minimum absolute atomic E-state index is 0.0180. The second kappa shape index (κ2) is 9.69. The van der Waals surface area contributed by atoms with E-state index in [9.17, 15) is 9.59 Å². The lowest BCUT2D eigenvalue weighted by molar-refractivity contribution is -0.120. The highest BCUT2D eigenvalue weighted by atomic mass is 35.5. The molecule has 0 saturated heterocycles. The van der Waals surface area contributed by atoms with Crippen LogP contribution in [-0.4, -0.2) is 25.2 Å². The molecule has 8 nitrogen and oxygen atoms in total. The van der Waals surface area contributed by atoms with E-state index >= 15 is 0 Å². The van der Waals surface area contributed by atoms with Crippen molar-refractivity contribution in [3.63, 3.8) is 0 Å². The molecular weight excluding hydrogens is 404 g/mol. The van der Waals surface area contributed by atoms with Gasteiger partial charge in [0.05, 0.1) is 19.2 Å². The third-order valence-corrected chi connectivity index (χ3v) is 5.27. The van der Waals surface area contributed by atoms with Crippen LogP contribution in [0.4, 0.5) is 0 Å². The van der Waals surface area contributed by atoms with Crippen molar-refractivity contribution in [3.05, 3.63) is 80.2 Å². The average molecular weight is 429 g/mol. The van der Waals surface area contributed by atoms with Crippen molar-refractivity contribution in [2.45, 2.75) is 46.4 Å². The molecule has 1 amide bonds. The number of hydrogen-bond donors (Lipinski definition) is 2. The summed E-state index contributed by atoms with van der Waals surface area (Å²) in [5.41, 5.74) is 8.39. The van der Waals surface area contributed by atoms with Crippen LogP contribution in [0.5, 0.6) is 0 Å². The first-order chi connectivity index (χ1) is 14.4. The molecule has 0 atom stereocenters. The van der Waals surface area contributed by atoms with Gasteiger partial charge in [0, 0.05) is 42.6 Å². The normalized spacial score (nSPS) is 10.9. The lowest BCUT2D eigenvalue weighted by atomic mass is 10.1. The van der Waals surface area contributed by atoms with Gasteiger partial charge < -0.3 is 15.6 Å². The summed E-state index contributed by atoms with van der Waals surface area (Å²) in [4.78, 5) is 29.5. The fourth-order valence-electron chi connectivity index (χ4n) is 3.20. The van der Waals surface area contributed by atoms with Crippen molar-refractivity contribution >= 4 is 17.5 Å². The van der Waals surface area contributed by atoms with Gasteiger partial charge in [-0.15, -0.1) is 0 Å². The number of nitrogens with zero attached hydrogens (tertiary/aromatic N) is 4. The molecule has 0 spiro atoms. The highest BCUT2D eigenvalue weighted by Gasteiger charge is 2.14. The molecule has 0 aliphatic rings. The number of benzene rings is 1. The quantitative estimate of drug-likeness (QED) is 0.568. The number of nitrogens with one attached hydrogen (secondary N) is 1. The molecule has 0 bridgehead atoms. The van der Waals surface area contributed by atoms with Crippen LogP contribution < -0.4 is 16.6 Å². The first-order valence-electron chi connectivity index (χ1n) is 9.66. The molecule has 0 unspecified atom stereocenters. The third kappa shape index (κ3) is 5.14. The molecule has 158 valence electrons. The van der Waals surface area contributed by atoms with Crippen LogP contribution in [-0.2, 0) is 37.4 Å². The largest absolute Gasteiger partial charge is 0.352 e. The van der Waals surface area contributed by atoms with Gasteiger partial charge in [-0.3, -0.25) is 9.59 Å². The molecule has 0 aliphatic carbocycles. The molecular formula is C21H25ClN6O2. The van der Waals surface area contributed by atoms with E-state index in [4.69, 9.17) is 17.3 Å². The maximum atomic E-state index is 12.9. The number of aryl methyl sites for hydroxylation is 4. The van der Waals surface area contributed by atoms with E-state index in [1.165, 1.54) is 4.68 Å². The molecule has 3 aromatic rings. The SMILES string of the molecule is Cc1cnn(CCn2ccnc2C)c(=O)c1CC(=O)NCc1cc(Cl)ccc1CN. The van der Waals surface area contributed by atoms with Crippen molar-refractivity contribution in [2.75, 3.05) is 0 Å². The van der Waals surface area contributed by atoms with Crippen molar-refractivity contribution in [3.8, 4) is 0 Å². The zero-order chi connectivity index (χ0) is 21.7. The number of aromatic nitrogens is 4. The predicted molar refractivity (Wildman–Crippen MR) is 115 cm³/mol. The van der Waals surface area contributed by atoms with Crippen LogP contribution in [0.2, 0.25) is 5.02 Å².